The van der Waals surface area contributed by atoms with Gasteiger partial charge in [0.05, 0.1) is 5.56 Å². The zero-order valence-electron chi connectivity index (χ0n) is 15.1. The summed E-state index contributed by atoms with van der Waals surface area (Å²) in [6.07, 6.45) is 9.01. The van der Waals surface area contributed by atoms with Gasteiger partial charge in [0.15, 0.2) is 12.4 Å². The zero-order chi connectivity index (χ0) is 17.9. The molecule has 0 amide bonds. The van der Waals surface area contributed by atoms with Gasteiger partial charge in [-0.3, -0.25) is 4.79 Å². The normalized spacial score (nSPS) is 15.7. The Labute approximate surface area is 154 Å². The quantitative estimate of drug-likeness (QED) is 0.604. The lowest BCUT2D eigenvalue weighted by Crippen LogP contribution is -2.16. The van der Waals surface area contributed by atoms with Crippen LogP contribution in [0.25, 0.3) is 0 Å². The minimum absolute atomic E-state index is 0.135. The summed E-state index contributed by atoms with van der Waals surface area (Å²) in [4.78, 5) is 24.7. The monoisotopic (exact) mass is 348 g/mol. The first-order valence-corrected chi connectivity index (χ1v) is 9.64. The number of esters is 1. The number of hydrogen-bond acceptors (Lipinski definition) is 3. The maximum Gasteiger partial charge on any atom is 0.338 e. The molecule has 0 N–H and O–H groups in total. The Morgan fingerprint density at radius 1 is 0.692 bits per heavy atom. The average Bonchev–Trinajstić information content (AvgIpc) is 2.71. The predicted molar refractivity (Wildman–Crippen MR) is 101 cm³/mol. The van der Waals surface area contributed by atoms with E-state index < -0.39 is 5.97 Å². The van der Waals surface area contributed by atoms with Crippen molar-refractivity contribution in [3.8, 4) is 0 Å². The molecule has 3 nitrogen and oxygen atoms in total. The number of rotatable bonds is 4. The molecule has 0 unspecified atom stereocenters. The van der Waals surface area contributed by atoms with Crippen molar-refractivity contribution in [2.75, 3.05) is 6.61 Å². The predicted octanol–water partition coefficient (Wildman–Crippen LogP) is 4.48. The largest absolute Gasteiger partial charge is 0.454 e. The van der Waals surface area contributed by atoms with Gasteiger partial charge in [-0.25, -0.2) is 4.79 Å². The van der Waals surface area contributed by atoms with E-state index in [0.29, 0.717) is 11.1 Å². The number of benzene rings is 2. The van der Waals surface area contributed by atoms with E-state index in [1.54, 1.807) is 0 Å². The lowest BCUT2D eigenvalue weighted by atomic mass is 9.90. The van der Waals surface area contributed by atoms with Crippen LogP contribution in [0.15, 0.2) is 36.4 Å². The number of ether oxygens (including phenoxy) is 1. The molecule has 0 heterocycles. The molecule has 0 spiro atoms. The highest BCUT2D eigenvalue weighted by Gasteiger charge is 2.17. The lowest BCUT2D eigenvalue weighted by Gasteiger charge is -2.17. The third-order valence-electron chi connectivity index (χ3n) is 5.59. The standard InChI is InChI=1S/C23H24O3/c24-22(20-11-9-16-5-1-3-7-18(16)13-20)15-26-23(25)21-12-10-17-6-2-4-8-19(17)14-21/h9-14H,1-8,15H2. The van der Waals surface area contributed by atoms with Crippen LogP contribution in [0.4, 0.5) is 0 Å². The summed E-state index contributed by atoms with van der Waals surface area (Å²) in [5.74, 6) is -0.547. The van der Waals surface area contributed by atoms with Crippen molar-refractivity contribution < 1.29 is 14.3 Å². The topological polar surface area (TPSA) is 43.4 Å². The highest BCUT2D eigenvalue weighted by molar-refractivity contribution is 5.99. The third-order valence-corrected chi connectivity index (χ3v) is 5.59. The van der Waals surface area contributed by atoms with Gasteiger partial charge in [0.1, 0.15) is 0 Å². The van der Waals surface area contributed by atoms with Crippen LogP contribution < -0.4 is 0 Å². The van der Waals surface area contributed by atoms with Crippen LogP contribution in [0.3, 0.4) is 0 Å². The van der Waals surface area contributed by atoms with Gasteiger partial charge in [-0.05, 0) is 91.8 Å². The van der Waals surface area contributed by atoms with Crippen molar-refractivity contribution in [2.45, 2.75) is 51.4 Å². The third kappa shape index (κ3) is 3.57. The number of hydrogen-bond donors (Lipinski definition) is 0. The van der Waals surface area contributed by atoms with Crippen molar-refractivity contribution in [2.24, 2.45) is 0 Å². The fourth-order valence-corrected chi connectivity index (χ4v) is 4.07. The molecule has 2 aliphatic carbocycles. The first-order valence-electron chi connectivity index (χ1n) is 9.64. The smallest absolute Gasteiger partial charge is 0.338 e. The first-order chi connectivity index (χ1) is 12.7. The van der Waals surface area contributed by atoms with Crippen molar-refractivity contribution in [3.05, 3.63) is 69.8 Å². The van der Waals surface area contributed by atoms with Crippen LogP contribution in [-0.4, -0.2) is 18.4 Å². The molecule has 3 heteroatoms. The van der Waals surface area contributed by atoms with Crippen molar-refractivity contribution >= 4 is 11.8 Å². The van der Waals surface area contributed by atoms with Crippen LogP contribution in [0.2, 0.25) is 0 Å². The van der Waals surface area contributed by atoms with Crippen molar-refractivity contribution in [1.82, 2.24) is 0 Å². The molecular weight excluding hydrogens is 324 g/mol. The molecule has 4 rings (SSSR count). The highest BCUT2D eigenvalue weighted by Crippen LogP contribution is 2.24. The Morgan fingerprint density at radius 2 is 1.19 bits per heavy atom. The highest BCUT2D eigenvalue weighted by atomic mass is 16.5. The minimum Gasteiger partial charge on any atom is -0.454 e. The molecule has 0 aliphatic heterocycles. The second kappa shape index (κ2) is 7.45. The van der Waals surface area contributed by atoms with Crippen LogP contribution in [0, 0.1) is 0 Å². The summed E-state index contributed by atoms with van der Waals surface area (Å²) >= 11 is 0. The Kier molecular flexibility index (Phi) is 4.87. The van der Waals surface area contributed by atoms with Gasteiger partial charge in [0.2, 0.25) is 0 Å². The van der Waals surface area contributed by atoms with E-state index >= 15 is 0 Å². The Hall–Kier alpha value is -2.42. The van der Waals surface area contributed by atoms with E-state index in [4.69, 9.17) is 4.74 Å². The summed E-state index contributed by atoms with van der Waals surface area (Å²) in [5, 5.41) is 0. The first kappa shape index (κ1) is 17.0. The van der Waals surface area contributed by atoms with E-state index in [-0.39, 0.29) is 12.4 Å². The van der Waals surface area contributed by atoms with Gasteiger partial charge in [-0.15, -0.1) is 0 Å². The van der Waals surface area contributed by atoms with Gasteiger partial charge in [0, 0.05) is 5.56 Å². The molecule has 0 radical (unpaired) electrons. The minimum atomic E-state index is -0.412. The number of ketones is 1. The van der Waals surface area contributed by atoms with Gasteiger partial charge < -0.3 is 4.74 Å². The van der Waals surface area contributed by atoms with Gasteiger partial charge in [-0.1, -0.05) is 18.2 Å². The number of carbonyl (C=O) groups is 2. The summed E-state index contributed by atoms with van der Waals surface area (Å²) < 4.78 is 5.29. The summed E-state index contributed by atoms with van der Waals surface area (Å²) in [7, 11) is 0. The van der Waals surface area contributed by atoms with Crippen LogP contribution in [0.5, 0.6) is 0 Å². The van der Waals surface area contributed by atoms with E-state index in [0.717, 1.165) is 25.7 Å². The number of aryl methyl sites for hydroxylation is 4. The molecule has 0 saturated heterocycles. The molecule has 2 aromatic rings. The second-order valence-electron chi connectivity index (χ2n) is 7.38. The van der Waals surface area contributed by atoms with Gasteiger partial charge in [-0.2, -0.15) is 0 Å². The molecule has 2 aliphatic rings. The average molecular weight is 348 g/mol. The summed E-state index contributed by atoms with van der Waals surface area (Å²) in [6.45, 7) is -0.200. The second-order valence-corrected chi connectivity index (χ2v) is 7.38. The zero-order valence-corrected chi connectivity index (χ0v) is 15.1. The van der Waals surface area contributed by atoms with Crippen LogP contribution >= 0.6 is 0 Å². The van der Waals surface area contributed by atoms with E-state index in [2.05, 4.69) is 0 Å². The van der Waals surface area contributed by atoms with E-state index in [1.165, 1.54) is 47.9 Å². The van der Waals surface area contributed by atoms with Crippen molar-refractivity contribution in [1.29, 1.82) is 0 Å². The van der Waals surface area contributed by atoms with E-state index in [1.807, 2.05) is 36.4 Å². The Bertz CT molecular complexity index is 779. The molecule has 2 aromatic carbocycles. The number of fused-ring (bicyclic) bond motifs is 2. The van der Waals surface area contributed by atoms with Crippen molar-refractivity contribution in [3.63, 3.8) is 0 Å². The van der Waals surface area contributed by atoms with Crippen LogP contribution in [0.1, 0.15) is 68.7 Å². The maximum atomic E-state index is 12.4. The number of carbonyl (C=O) groups excluding carboxylic acids is 2. The van der Waals surface area contributed by atoms with Crippen LogP contribution in [-0.2, 0) is 30.4 Å². The summed E-state index contributed by atoms with van der Waals surface area (Å²) in [6, 6.07) is 11.7. The molecule has 134 valence electrons. The lowest BCUT2D eigenvalue weighted by molar-refractivity contribution is 0.0474. The van der Waals surface area contributed by atoms with Gasteiger partial charge >= 0.3 is 5.97 Å². The van der Waals surface area contributed by atoms with E-state index in [9.17, 15) is 9.59 Å². The molecule has 0 atom stereocenters. The molecule has 0 bridgehead atoms. The molecule has 0 saturated carbocycles. The number of Topliss-reactive ketones (excluding diaryl/α,β-unsaturated/α-hetero) is 1. The molecule has 0 aromatic heterocycles. The Balaban J connectivity index is 1.40. The van der Waals surface area contributed by atoms with Gasteiger partial charge in [0.25, 0.3) is 0 Å². The molecule has 26 heavy (non-hydrogen) atoms. The SMILES string of the molecule is O=C(COC(=O)c1ccc2c(c1)CCCC2)c1ccc2c(c1)CCCC2. The maximum absolute atomic E-state index is 12.4. The Morgan fingerprint density at radius 3 is 1.81 bits per heavy atom. The molecular formula is C23H24O3. The molecule has 0 fully saturated rings. The summed E-state index contributed by atoms with van der Waals surface area (Å²) in [5.41, 5.74) is 6.37. The fourth-order valence-electron chi connectivity index (χ4n) is 4.07. The fraction of sp³-hybridized carbons (Fsp3) is 0.391.